The fraction of sp³-hybridized carbons (Fsp3) is 0.417. The number of rotatable bonds is 5. The highest BCUT2D eigenvalue weighted by Crippen LogP contribution is 2.24. The summed E-state index contributed by atoms with van der Waals surface area (Å²) in [6.07, 6.45) is 0. The monoisotopic (exact) mass is 300 g/mol. The van der Waals surface area contributed by atoms with Crippen molar-refractivity contribution < 1.29 is 13.2 Å². The molecule has 8 heteroatoms. The van der Waals surface area contributed by atoms with E-state index in [4.69, 9.17) is 5.73 Å². The number of anilines is 2. The number of carbonyl (C=O) groups is 1. The molecule has 0 heterocycles. The summed E-state index contributed by atoms with van der Waals surface area (Å²) in [5.74, 6) is -0.217. The van der Waals surface area contributed by atoms with Gasteiger partial charge >= 0.3 is 0 Å². The van der Waals surface area contributed by atoms with Crippen molar-refractivity contribution in [3.8, 4) is 0 Å². The number of likely N-dealkylation sites (N-methyl/N-ethyl adjacent to an activating group) is 1. The summed E-state index contributed by atoms with van der Waals surface area (Å²) < 4.78 is 25.2. The second-order valence-corrected chi connectivity index (χ2v) is 6.67. The summed E-state index contributed by atoms with van der Waals surface area (Å²) in [5, 5.41) is 5.39. The lowest BCUT2D eigenvalue weighted by molar-refractivity contribution is -0.121. The minimum atomic E-state index is -3.54. The molecule has 0 aromatic heterocycles. The molecule has 0 saturated carbocycles. The van der Waals surface area contributed by atoms with Crippen molar-refractivity contribution in [2.75, 3.05) is 32.2 Å². The number of hydrogen-bond acceptors (Lipinski definition) is 5. The number of carbonyl (C=O) groups excluding carboxylic acids is 1. The van der Waals surface area contributed by atoms with Gasteiger partial charge in [-0.3, -0.25) is 4.79 Å². The van der Waals surface area contributed by atoms with Crippen LogP contribution >= 0.6 is 0 Å². The molecule has 0 aliphatic rings. The second-order valence-electron chi connectivity index (χ2n) is 4.52. The Morgan fingerprint density at radius 1 is 1.35 bits per heavy atom. The number of nitrogens with one attached hydrogen (secondary N) is 2. The van der Waals surface area contributed by atoms with Crippen molar-refractivity contribution in [3.05, 3.63) is 18.2 Å². The Kier molecular flexibility index (Phi) is 4.96. The largest absolute Gasteiger partial charge is 0.397 e. The third-order valence-corrected chi connectivity index (χ3v) is 4.63. The maximum absolute atomic E-state index is 12.0. The third-order valence-electron chi connectivity index (χ3n) is 2.82. The van der Waals surface area contributed by atoms with Crippen molar-refractivity contribution in [2.45, 2.75) is 17.9 Å². The molecule has 7 nitrogen and oxygen atoms in total. The average Bonchev–Trinajstić information content (AvgIpc) is 2.39. The van der Waals surface area contributed by atoms with Gasteiger partial charge in [0.05, 0.1) is 16.3 Å². The van der Waals surface area contributed by atoms with E-state index >= 15 is 0 Å². The first-order valence-electron chi connectivity index (χ1n) is 6.00. The molecule has 0 saturated heterocycles. The molecule has 4 N–H and O–H groups in total. The quantitative estimate of drug-likeness (QED) is 0.667. The lowest BCUT2D eigenvalue weighted by Crippen LogP contribution is -2.35. The minimum Gasteiger partial charge on any atom is -0.397 e. The zero-order valence-corrected chi connectivity index (χ0v) is 12.8. The first-order valence-corrected chi connectivity index (χ1v) is 7.44. The van der Waals surface area contributed by atoms with Crippen LogP contribution in [0.1, 0.15) is 6.92 Å². The van der Waals surface area contributed by atoms with Gasteiger partial charge in [-0.2, -0.15) is 0 Å². The highest BCUT2D eigenvalue weighted by atomic mass is 32.2. The number of benzene rings is 1. The van der Waals surface area contributed by atoms with Crippen LogP contribution in [0.2, 0.25) is 0 Å². The second kappa shape index (κ2) is 6.10. The predicted molar refractivity (Wildman–Crippen MR) is 78.9 cm³/mol. The van der Waals surface area contributed by atoms with Gasteiger partial charge in [0, 0.05) is 21.1 Å². The van der Waals surface area contributed by atoms with E-state index < -0.39 is 16.1 Å². The van der Waals surface area contributed by atoms with Gasteiger partial charge in [0.15, 0.2) is 0 Å². The Balaban J connectivity index is 3.14. The fourth-order valence-corrected chi connectivity index (χ4v) is 2.48. The normalized spacial score (nSPS) is 13.1. The summed E-state index contributed by atoms with van der Waals surface area (Å²) in [4.78, 5) is 11.6. The molecule has 0 aliphatic heterocycles. The number of nitrogen functional groups attached to an aromatic ring is 1. The van der Waals surface area contributed by atoms with Crippen LogP contribution < -0.4 is 16.4 Å². The van der Waals surface area contributed by atoms with Gasteiger partial charge in [-0.15, -0.1) is 0 Å². The van der Waals surface area contributed by atoms with E-state index in [1.54, 1.807) is 6.92 Å². The number of nitrogens with two attached hydrogens (primary N) is 1. The third kappa shape index (κ3) is 3.40. The minimum absolute atomic E-state index is 0.114. The first-order chi connectivity index (χ1) is 9.20. The van der Waals surface area contributed by atoms with Gasteiger partial charge in [-0.1, -0.05) is 0 Å². The van der Waals surface area contributed by atoms with Crippen LogP contribution in [-0.4, -0.2) is 45.8 Å². The van der Waals surface area contributed by atoms with Crippen molar-refractivity contribution in [1.29, 1.82) is 0 Å². The molecule has 0 aliphatic carbocycles. The Hall–Kier alpha value is -1.80. The van der Waals surface area contributed by atoms with Gasteiger partial charge < -0.3 is 16.4 Å². The van der Waals surface area contributed by atoms with E-state index in [2.05, 4.69) is 10.6 Å². The van der Waals surface area contributed by atoms with Gasteiger partial charge in [0.2, 0.25) is 15.9 Å². The Morgan fingerprint density at radius 3 is 2.45 bits per heavy atom. The van der Waals surface area contributed by atoms with E-state index in [1.807, 2.05) is 0 Å². The summed E-state index contributed by atoms with van der Waals surface area (Å²) in [6, 6.07) is 3.82. The first kappa shape index (κ1) is 16.3. The van der Waals surface area contributed by atoms with E-state index in [0.717, 1.165) is 4.31 Å². The molecule has 1 amide bonds. The van der Waals surface area contributed by atoms with Gasteiger partial charge in [-0.05, 0) is 25.1 Å². The Morgan fingerprint density at radius 2 is 1.95 bits per heavy atom. The lowest BCUT2D eigenvalue weighted by Gasteiger charge is -2.17. The zero-order chi connectivity index (χ0) is 15.5. The summed E-state index contributed by atoms with van der Waals surface area (Å²) in [6.45, 7) is 1.66. The van der Waals surface area contributed by atoms with Crippen LogP contribution in [0.4, 0.5) is 11.4 Å². The van der Waals surface area contributed by atoms with E-state index in [-0.39, 0.29) is 10.8 Å². The molecule has 1 atom stereocenters. The molecule has 1 aromatic rings. The van der Waals surface area contributed by atoms with Crippen LogP contribution in [-0.2, 0) is 14.8 Å². The van der Waals surface area contributed by atoms with E-state index in [9.17, 15) is 13.2 Å². The number of sulfonamides is 1. The Bertz CT molecular complexity index is 599. The predicted octanol–water partition coefficient (Wildman–Crippen LogP) is 0.0655. The molecule has 1 rings (SSSR count). The topological polar surface area (TPSA) is 105 Å². The molecular weight excluding hydrogens is 280 g/mol. The standard InChI is InChI=1S/C12H20N4O3S/c1-8(12(17)14-2)15-11-7-9(5-6-10(11)13)20(18,19)16(3)4/h5-8,15H,13H2,1-4H3,(H,14,17). The number of hydrogen-bond donors (Lipinski definition) is 3. The van der Waals surface area contributed by atoms with E-state index in [0.29, 0.717) is 11.4 Å². The maximum Gasteiger partial charge on any atom is 0.242 e. The van der Waals surface area contributed by atoms with Crippen LogP contribution in [0, 0.1) is 0 Å². The van der Waals surface area contributed by atoms with Crippen molar-refractivity contribution in [3.63, 3.8) is 0 Å². The zero-order valence-electron chi connectivity index (χ0n) is 12.0. The number of nitrogens with zero attached hydrogens (tertiary/aromatic N) is 1. The van der Waals surface area contributed by atoms with Crippen molar-refractivity contribution in [2.24, 2.45) is 0 Å². The van der Waals surface area contributed by atoms with Gasteiger partial charge in [0.25, 0.3) is 0 Å². The van der Waals surface area contributed by atoms with Crippen molar-refractivity contribution >= 4 is 27.3 Å². The SMILES string of the molecule is CNC(=O)C(C)Nc1cc(S(=O)(=O)N(C)C)ccc1N. The molecule has 0 radical (unpaired) electrons. The van der Waals surface area contributed by atoms with E-state index in [1.165, 1.54) is 39.3 Å². The lowest BCUT2D eigenvalue weighted by atomic mass is 10.2. The molecule has 0 fully saturated rings. The Labute approximate surface area is 119 Å². The highest BCUT2D eigenvalue weighted by molar-refractivity contribution is 7.89. The van der Waals surface area contributed by atoms with Gasteiger partial charge in [-0.25, -0.2) is 12.7 Å². The van der Waals surface area contributed by atoms with Crippen LogP contribution in [0.3, 0.4) is 0 Å². The van der Waals surface area contributed by atoms with Crippen LogP contribution in [0.5, 0.6) is 0 Å². The summed E-state index contributed by atoms with van der Waals surface area (Å²) >= 11 is 0. The average molecular weight is 300 g/mol. The molecule has 0 spiro atoms. The van der Waals surface area contributed by atoms with Crippen LogP contribution in [0.25, 0.3) is 0 Å². The molecular formula is C12H20N4O3S. The summed E-state index contributed by atoms with van der Waals surface area (Å²) in [7, 11) is 0.885. The van der Waals surface area contributed by atoms with Crippen LogP contribution in [0.15, 0.2) is 23.1 Å². The van der Waals surface area contributed by atoms with Gasteiger partial charge in [0.1, 0.15) is 6.04 Å². The maximum atomic E-state index is 12.0. The molecule has 20 heavy (non-hydrogen) atoms. The highest BCUT2D eigenvalue weighted by Gasteiger charge is 2.19. The summed E-state index contributed by atoms with van der Waals surface area (Å²) in [5.41, 5.74) is 6.58. The molecule has 1 aromatic carbocycles. The molecule has 0 bridgehead atoms. The molecule has 1 unspecified atom stereocenters. The van der Waals surface area contributed by atoms with Crippen molar-refractivity contribution in [1.82, 2.24) is 9.62 Å². The fourth-order valence-electron chi connectivity index (χ4n) is 1.55. The number of amides is 1. The molecule has 112 valence electrons. The smallest absolute Gasteiger partial charge is 0.242 e.